The van der Waals surface area contributed by atoms with E-state index in [4.69, 9.17) is 5.73 Å². The molecule has 0 saturated carbocycles. The van der Waals surface area contributed by atoms with Crippen LogP contribution in [-0.2, 0) is 13.0 Å². The molecular formula is C18H21N3. The minimum absolute atomic E-state index is 0.617. The number of aromatic nitrogens is 2. The van der Waals surface area contributed by atoms with E-state index in [1.807, 2.05) is 18.2 Å². The molecule has 0 spiro atoms. The van der Waals surface area contributed by atoms with Gasteiger partial charge in [0.15, 0.2) is 0 Å². The first-order chi connectivity index (χ1) is 10.2. The number of nitrogen functional groups attached to an aromatic ring is 1. The molecule has 3 aromatic rings. The van der Waals surface area contributed by atoms with E-state index >= 15 is 0 Å². The third-order valence-corrected chi connectivity index (χ3v) is 3.90. The second-order valence-electron chi connectivity index (χ2n) is 5.55. The van der Waals surface area contributed by atoms with E-state index in [2.05, 4.69) is 46.8 Å². The Bertz CT molecular complexity index is 726. The molecule has 3 heteroatoms. The van der Waals surface area contributed by atoms with Crippen LogP contribution in [-0.4, -0.2) is 9.55 Å². The minimum Gasteiger partial charge on any atom is -0.369 e. The zero-order chi connectivity index (χ0) is 14.7. The van der Waals surface area contributed by atoms with Gasteiger partial charge in [-0.3, -0.25) is 0 Å². The largest absolute Gasteiger partial charge is 0.369 e. The molecule has 21 heavy (non-hydrogen) atoms. The quantitative estimate of drug-likeness (QED) is 0.719. The Labute approximate surface area is 125 Å². The van der Waals surface area contributed by atoms with Gasteiger partial charge in [-0.2, -0.15) is 0 Å². The van der Waals surface area contributed by atoms with Gasteiger partial charge in [0, 0.05) is 6.54 Å². The minimum atomic E-state index is 0.617. The summed E-state index contributed by atoms with van der Waals surface area (Å²) < 4.78 is 2.12. The van der Waals surface area contributed by atoms with Crippen molar-refractivity contribution in [1.82, 2.24) is 9.55 Å². The second kappa shape index (κ2) is 6.00. The van der Waals surface area contributed by atoms with Gasteiger partial charge in [-0.05, 0) is 43.9 Å². The molecule has 0 bridgehead atoms. The Morgan fingerprint density at radius 2 is 1.76 bits per heavy atom. The number of benzene rings is 2. The van der Waals surface area contributed by atoms with Crippen LogP contribution in [0.3, 0.4) is 0 Å². The van der Waals surface area contributed by atoms with Crippen LogP contribution >= 0.6 is 0 Å². The molecule has 0 radical (unpaired) electrons. The lowest BCUT2D eigenvalue weighted by Crippen LogP contribution is -2.03. The van der Waals surface area contributed by atoms with Crippen molar-refractivity contribution in [3.8, 4) is 0 Å². The van der Waals surface area contributed by atoms with E-state index in [1.54, 1.807) is 0 Å². The number of aryl methyl sites for hydroxylation is 3. The summed E-state index contributed by atoms with van der Waals surface area (Å²) in [7, 11) is 0. The van der Waals surface area contributed by atoms with Crippen molar-refractivity contribution >= 4 is 17.0 Å². The van der Waals surface area contributed by atoms with Gasteiger partial charge in [0.1, 0.15) is 0 Å². The summed E-state index contributed by atoms with van der Waals surface area (Å²) in [6.07, 6.45) is 3.39. The van der Waals surface area contributed by atoms with Crippen LogP contribution in [0.1, 0.15) is 24.0 Å². The van der Waals surface area contributed by atoms with E-state index in [9.17, 15) is 0 Å². The number of fused-ring (bicyclic) bond motifs is 1. The average Bonchev–Trinajstić information content (AvgIpc) is 2.81. The van der Waals surface area contributed by atoms with Gasteiger partial charge in [0.2, 0.25) is 5.95 Å². The Hall–Kier alpha value is -2.29. The number of rotatable bonds is 5. The van der Waals surface area contributed by atoms with Crippen LogP contribution < -0.4 is 5.73 Å². The molecule has 2 aromatic carbocycles. The summed E-state index contributed by atoms with van der Waals surface area (Å²) in [4.78, 5) is 4.40. The molecule has 0 aliphatic carbocycles. The smallest absolute Gasteiger partial charge is 0.201 e. The van der Waals surface area contributed by atoms with Gasteiger partial charge in [-0.25, -0.2) is 4.98 Å². The zero-order valence-corrected chi connectivity index (χ0v) is 12.4. The summed E-state index contributed by atoms with van der Waals surface area (Å²) >= 11 is 0. The molecule has 108 valence electrons. The number of imidazole rings is 1. The first-order valence-electron chi connectivity index (χ1n) is 7.50. The van der Waals surface area contributed by atoms with E-state index in [0.29, 0.717) is 5.95 Å². The summed E-state index contributed by atoms with van der Waals surface area (Å²) in [6, 6.07) is 16.9. The number of unbranched alkanes of at least 4 members (excludes halogenated alkanes) is 1. The molecule has 1 aromatic heterocycles. The van der Waals surface area contributed by atoms with Crippen LogP contribution in [0.5, 0.6) is 0 Å². The Morgan fingerprint density at radius 3 is 2.57 bits per heavy atom. The lowest BCUT2D eigenvalue weighted by molar-refractivity contribution is 0.627. The molecule has 0 atom stereocenters. The normalized spacial score (nSPS) is 11.1. The zero-order valence-electron chi connectivity index (χ0n) is 12.4. The van der Waals surface area contributed by atoms with Crippen molar-refractivity contribution in [1.29, 1.82) is 0 Å². The van der Waals surface area contributed by atoms with Crippen LogP contribution in [0, 0.1) is 6.92 Å². The topological polar surface area (TPSA) is 43.8 Å². The van der Waals surface area contributed by atoms with Crippen LogP contribution in [0.15, 0.2) is 48.5 Å². The number of hydrogen-bond acceptors (Lipinski definition) is 2. The highest BCUT2D eigenvalue weighted by Crippen LogP contribution is 2.18. The van der Waals surface area contributed by atoms with Gasteiger partial charge >= 0.3 is 0 Å². The maximum atomic E-state index is 6.02. The van der Waals surface area contributed by atoms with Gasteiger partial charge in [0.05, 0.1) is 11.0 Å². The monoisotopic (exact) mass is 279 g/mol. The third kappa shape index (κ3) is 3.07. The van der Waals surface area contributed by atoms with Crippen molar-refractivity contribution in [2.45, 2.75) is 32.7 Å². The van der Waals surface area contributed by atoms with Crippen molar-refractivity contribution in [3.05, 3.63) is 59.7 Å². The molecule has 0 unspecified atom stereocenters. The molecule has 0 aliphatic heterocycles. The number of nitrogens with zero attached hydrogens (tertiary/aromatic N) is 2. The molecule has 1 heterocycles. The van der Waals surface area contributed by atoms with Crippen molar-refractivity contribution in [2.24, 2.45) is 0 Å². The fraction of sp³-hybridized carbons (Fsp3) is 0.278. The second-order valence-corrected chi connectivity index (χ2v) is 5.55. The maximum Gasteiger partial charge on any atom is 0.201 e. The molecule has 0 saturated heterocycles. The average molecular weight is 279 g/mol. The molecule has 0 amide bonds. The summed E-state index contributed by atoms with van der Waals surface area (Å²) in [5, 5.41) is 0. The highest BCUT2D eigenvalue weighted by atomic mass is 15.1. The lowest BCUT2D eigenvalue weighted by Gasteiger charge is -2.07. The molecule has 2 N–H and O–H groups in total. The van der Waals surface area contributed by atoms with Crippen LogP contribution in [0.2, 0.25) is 0 Å². The Balaban J connectivity index is 1.59. The standard InChI is InChI=1S/C18H21N3/c1-14-9-11-15(12-10-14)6-4-5-13-21-17-8-3-2-7-16(17)20-18(21)19/h2-3,7-12H,4-6,13H2,1H3,(H2,19,20). The van der Waals surface area contributed by atoms with Crippen molar-refractivity contribution < 1.29 is 0 Å². The molecule has 3 nitrogen and oxygen atoms in total. The van der Waals surface area contributed by atoms with E-state index in [-0.39, 0.29) is 0 Å². The van der Waals surface area contributed by atoms with Crippen molar-refractivity contribution in [3.63, 3.8) is 0 Å². The van der Waals surface area contributed by atoms with E-state index in [0.717, 1.165) is 36.8 Å². The predicted octanol–water partition coefficient (Wildman–Crippen LogP) is 3.95. The lowest BCUT2D eigenvalue weighted by atomic mass is 10.1. The molecule has 0 aliphatic rings. The summed E-state index contributed by atoms with van der Waals surface area (Å²) in [5.74, 6) is 0.617. The number of nitrogens with two attached hydrogens (primary N) is 1. The first-order valence-corrected chi connectivity index (χ1v) is 7.50. The van der Waals surface area contributed by atoms with Crippen LogP contribution in [0.25, 0.3) is 11.0 Å². The fourth-order valence-corrected chi connectivity index (χ4v) is 2.68. The van der Waals surface area contributed by atoms with Gasteiger partial charge in [-0.15, -0.1) is 0 Å². The number of anilines is 1. The summed E-state index contributed by atoms with van der Waals surface area (Å²) in [5.41, 5.74) is 10.8. The fourth-order valence-electron chi connectivity index (χ4n) is 2.68. The Kier molecular flexibility index (Phi) is 3.91. The number of hydrogen-bond donors (Lipinski definition) is 1. The SMILES string of the molecule is Cc1ccc(CCCCn2c(N)nc3ccccc32)cc1. The maximum absolute atomic E-state index is 6.02. The molecule has 3 rings (SSSR count). The summed E-state index contributed by atoms with van der Waals surface area (Å²) in [6.45, 7) is 3.05. The molecule has 0 fully saturated rings. The van der Waals surface area contributed by atoms with Gasteiger partial charge < -0.3 is 10.3 Å². The van der Waals surface area contributed by atoms with Gasteiger partial charge in [0.25, 0.3) is 0 Å². The van der Waals surface area contributed by atoms with E-state index < -0.39 is 0 Å². The van der Waals surface area contributed by atoms with Gasteiger partial charge in [-0.1, -0.05) is 42.0 Å². The Morgan fingerprint density at radius 1 is 1.00 bits per heavy atom. The molecular weight excluding hydrogens is 258 g/mol. The third-order valence-electron chi connectivity index (χ3n) is 3.90. The highest BCUT2D eigenvalue weighted by Gasteiger charge is 2.06. The predicted molar refractivity (Wildman–Crippen MR) is 88.3 cm³/mol. The highest BCUT2D eigenvalue weighted by molar-refractivity contribution is 5.78. The van der Waals surface area contributed by atoms with Crippen molar-refractivity contribution in [2.75, 3.05) is 5.73 Å². The van der Waals surface area contributed by atoms with E-state index in [1.165, 1.54) is 11.1 Å². The number of para-hydroxylation sites is 2. The van der Waals surface area contributed by atoms with Crippen LogP contribution in [0.4, 0.5) is 5.95 Å². The first kappa shape index (κ1) is 13.7.